The van der Waals surface area contributed by atoms with Crippen LogP contribution in [0.2, 0.25) is 9.26 Å². The smallest absolute Gasteiger partial charge is 0.147 e. The number of allylic oxidation sites excluding steroid dienone is 4. The zero-order chi connectivity index (χ0) is 39.8. The van der Waals surface area contributed by atoms with Crippen molar-refractivity contribution in [3.8, 4) is 44.5 Å². The van der Waals surface area contributed by atoms with Gasteiger partial charge in [-0.3, -0.25) is 0 Å². The zero-order valence-electron chi connectivity index (χ0n) is 36.0. The summed E-state index contributed by atoms with van der Waals surface area (Å²) in [6.07, 6.45) is 0. The quantitative estimate of drug-likeness (QED) is 0.146. The number of fused-ring (bicyclic) bond motifs is 2. The van der Waals surface area contributed by atoms with Crippen molar-refractivity contribution in [3.63, 3.8) is 0 Å². The van der Waals surface area contributed by atoms with Gasteiger partial charge in [0.2, 0.25) is 0 Å². The van der Waals surface area contributed by atoms with Gasteiger partial charge in [0.15, 0.2) is 0 Å². The first kappa shape index (κ1) is 44.0. The summed E-state index contributed by atoms with van der Waals surface area (Å²) in [7, 11) is 0. The largest absolute Gasteiger partial charge is 0.147 e. The molecule has 4 heteroatoms. The summed E-state index contributed by atoms with van der Waals surface area (Å²) in [6.45, 7) is 22.4. The molecule has 0 N–H and O–H groups in total. The van der Waals surface area contributed by atoms with Crippen LogP contribution in [0.3, 0.4) is 0 Å². The summed E-state index contributed by atoms with van der Waals surface area (Å²) in [6, 6.07) is 54.6. The number of halogens is 2. The van der Waals surface area contributed by atoms with Gasteiger partial charge in [-0.15, -0.1) is 24.8 Å². The molecule has 58 heavy (non-hydrogen) atoms. The molecule has 0 nitrogen and oxygen atoms in total. The average Bonchev–Trinajstić information content (AvgIpc) is 3.69. The molecule has 298 valence electrons. The standard InChI is InChI=1S/2C26H25.2CH3.2ClH.H2Si.Zr/c2*1-18-24(26(2,3)4)17-23-21(19-11-7-5-8-12-19)15-16-22(25(18)23)20-13-9-6-10-14-20;;;;;;/h2*5-17H,1-4H3;2*1H3;2*1H;1H2;. The third kappa shape index (κ3) is 7.25. The van der Waals surface area contributed by atoms with Crippen molar-refractivity contribution >= 4 is 42.8 Å². The number of rotatable bonds is 6. The molecule has 0 radical (unpaired) electrons. The van der Waals surface area contributed by atoms with Gasteiger partial charge in [0.25, 0.3) is 0 Å². The van der Waals surface area contributed by atoms with Crippen molar-refractivity contribution in [1.29, 1.82) is 0 Å². The molecular formula is C54H60Cl2SiZr. The Morgan fingerprint density at radius 3 is 0.897 bits per heavy atom. The fourth-order valence-corrected chi connectivity index (χ4v) is 30.8. The van der Waals surface area contributed by atoms with Crippen LogP contribution in [0.15, 0.2) is 157 Å². The first-order valence-electron chi connectivity index (χ1n) is 20.5. The fourth-order valence-electron chi connectivity index (χ4n) is 11.1. The molecule has 6 aromatic rings. The minimum Gasteiger partial charge on any atom is -0.147 e. The number of benzene rings is 6. The van der Waals surface area contributed by atoms with Crippen LogP contribution in [0.25, 0.3) is 55.7 Å². The summed E-state index contributed by atoms with van der Waals surface area (Å²) in [4.78, 5) is 0. The van der Waals surface area contributed by atoms with E-state index in [9.17, 15) is 0 Å². The Morgan fingerprint density at radius 1 is 0.397 bits per heavy atom. The van der Waals surface area contributed by atoms with Crippen molar-refractivity contribution in [2.75, 3.05) is 0 Å². The van der Waals surface area contributed by atoms with Crippen LogP contribution in [-0.2, 0) is 17.4 Å². The van der Waals surface area contributed by atoms with Crippen LogP contribution in [0.1, 0.15) is 84.9 Å². The van der Waals surface area contributed by atoms with Crippen molar-refractivity contribution < 1.29 is 17.4 Å². The Kier molecular flexibility index (Phi) is 12.0. The molecule has 0 spiro atoms. The Hall–Kier alpha value is -3.52. The molecule has 0 saturated heterocycles. The third-order valence-corrected chi connectivity index (χ3v) is 30.0. The van der Waals surface area contributed by atoms with E-state index in [2.05, 4.69) is 217 Å². The Labute approximate surface area is 363 Å². The van der Waals surface area contributed by atoms with Crippen molar-refractivity contribution in [2.45, 2.75) is 71.9 Å². The van der Waals surface area contributed by atoms with Gasteiger partial charge in [-0.25, -0.2) is 0 Å². The van der Waals surface area contributed by atoms with E-state index in [0.29, 0.717) is 7.25 Å². The van der Waals surface area contributed by atoms with E-state index in [-0.39, 0.29) is 35.6 Å². The minimum atomic E-state index is -4.32. The van der Waals surface area contributed by atoms with E-state index < -0.39 is 17.4 Å². The predicted molar refractivity (Wildman–Crippen MR) is 259 cm³/mol. The molecule has 0 aromatic heterocycles. The maximum Gasteiger partial charge on any atom is -0.147 e. The minimum absolute atomic E-state index is 0. The van der Waals surface area contributed by atoms with Crippen LogP contribution in [-0.4, -0.2) is 6.88 Å². The van der Waals surface area contributed by atoms with E-state index >= 15 is 0 Å². The van der Waals surface area contributed by atoms with E-state index in [0.717, 1.165) is 0 Å². The van der Waals surface area contributed by atoms with Gasteiger partial charge in [0, 0.05) is 0 Å². The molecule has 2 unspecified atom stereocenters. The van der Waals surface area contributed by atoms with Crippen LogP contribution < -0.4 is 0 Å². The van der Waals surface area contributed by atoms with E-state index in [1.807, 2.05) is 0 Å². The second kappa shape index (κ2) is 15.8. The third-order valence-electron chi connectivity index (χ3n) is 13.1. The molecule has 0 amide bonds. The molecule has 2 atom stereocenters. The van der Waals surface area contributed by atoms with Gasteiger partial charge in [0.05, 0.1) is 0 Å². The van der Waals surface area contributed by atoms with Crippen molar-refractivity contribution in [2.24, 2.45) is 10.8 Å². The molecule has 0 bridgehead atoms. The second-order valence-corrected chi connectivity index (χ2v) is 50.2. The van der Waals surface area contributed by atoms with E-state index in [1.54, 1.807) is 22.3 Å². The molecule has 0 aliphatic heterocycles. The maximum absolute atomic E-state index is 4.32. The van der Waals surface area contributed by atoms with Crippen LogP contribution in [0, 0.1) is 10.8 Å². The molecule has 8 rings (SSSR count). The Balaban J connectivity index is 0.00000283. The predicted octanol–water partition coefficient (Wildman–Crippen LogP) is 16.0. The molecule has 2 aliphatic rings. The van der Waals surface area contributed by atoms with Crippen molar-refractivity contribution in [1.82, 2.24) is 0 Å². The second-order valence-electron chi connectivity index (χ2n) is 19.7. The van der Waals surface area contributed by atoms with E-state index in [1.165, 1.54) is 66.8 Å². The average molecular weight is 899 g/mol. The molecule has 6 aromatic carbocycles. The normalized spacial score (nSPS) is 16.7. The first-order valence-corrected chi connectivity index (χ1v) is 34.2. The fraction of sp³-hybridized carbons (Fsp3) is 0.259. The SMILES string of the molecule is CC1=C(C(C)(C)C)[CH]([Zr]([CH3])([CH3])(=[SiH2])[CH]2C(C(C)(C)C)=C(C)c3c(-c4ccccc4)ccc(-c4ccccc4)c32)c2c(-c3ccccc3)ccc(-c3ccccc3)c21.Cl.Cl. The van der Waals surface area contributed by atoms with Gasteiger partial charge in [-0.1, -0.05) is 0 Å². The van der Waals surface area contributed by atoms with Gasteiger partial charge in [-0.2, -0.15) is 0 Å². The van der Waals surface area contributed by atoms with Crippen LogP contribution in [0.5, 0.6) is 0 Å². The number of hydrogen-bond donors (Lipinski definition) is 0. The first-order chi connectivity index (χ1) is 26.5. The topological polar surface area (TPSA) is 0 Å². The zero-order valence-corrected chi connectivity index (χ0v) is 41.5. The molecule has 2 aliphatic carbocycles. The Bertz CT molecular complexity index is 2440. The van der Waals surface area contributed by atoms with Gasteiger partial charge in [-0.05, 0) is 0 Å². The van der Waals surface area contributed by atoms with Gasteiger partial charge < -0.3 is 0 Å². The summed E-state index contributed by atoms with van der Waals surface area (Å²) in [5.74, 6) is 0. The Morgan fingerprint density at radius 2 is 0.638 bits per heavy atom. The monoisotopic (exact) mass is 896 g/mol. The van der Waals surface area contributed by atoms with Crippen molar-refractivity contribution in [3.05, 3.63) is 179 Å². The summed E-state index contributed by atoms with van der Waals surface area (Å²) in [5, 5.41) is 0. The molecule has 0 saturated carbocycles. The molecular weight excluding hydrogens is 839 g/mol. The number of hydrogen-bond acceptors (Lipinski definition) is 0. The van der Waals surface area contributed by atoms with Gasteiger partial charge in [0.1, 0.15) is 0 Å². The summed E-state index contributed by atoms with van der Waals surface area (Å²) < 4.78 is 6.36. The molecule has 0 fully saturated rings. The maximum atomic E-state index is 2.85. The van der Waals surface area contributed by atoms with Gasteiger partial charge >= 0.3 is 342 Å². The molecule has 0 heterocycles. The van der Waals surface area contributed by atoms with Crippen LogP contribution >= 0.6 is 24.8 Å². The van der Waals surface area contributed by atoms with E-state index in [4.69, 9.17) is 0 Å². The van der Waals surface area contributed by atoms with Crippen LogP contribution in [0.4, 0.5) is 0 Å². The summed E-state index contributed by atoms with van der Waals surface area (Å²) >= 11 is -4.32. The summed E-state index contributed by atoms with van der Waals surface area (Å²) in [5.41, 5.74) is 23.1.